The summed E-state index contributed by atoms with van der Waals surface area (Å²) in [6.07, 6.45) is -1.93. The van der Waals surface area contributed by atoms with E-state index in [-0.39, 0.29) is 17.3 Å². The second-order valence-corrected chi connectivity index (χ2v) is 8.10. The minimum absolute atomic E-state index is 0.00980. The van der Waals surface area contributed by atoms with Crippen molar-refractivity contribution >= 4 is 16.9 Å². The highest BCUT2D eigenvalue weighted by Crippen LogP contribution is 2.32. The van der Waals surface area contributed by atoms with Gasteiger partial charge < -0.3 is 13.9 Å². The molecule has 3 aromatic rings. The zero-order valence-corrected chi connectivity index (χ0v) is 17.9. The van der Waals surface area contributed by atoms with Crippen LogP contribution in [0.15, 0.2) is 42.1 Å². The molecule has 0 N–H and O–H groups in total. The summed E-state index contributed by atoms with van der Waals surface area (Å²) in [5.41, 5.74) is 0.0492. The molecular weight excluding hydrogens is 431 g/mol. The number of halogens is 3. The minimum atomic E-state index is -4.51. The highest BCUT2D eigenvalue weighted by molar-refractivity contribution is 7.91. The molecule has 0 aliphatic carbocycles. The number of ether oxygens (including phenoxy) is 1. The topological polar surface area (TPSA) is 88.8 Å². The minimum Gasteiger partial charge on any atom is -0.611 e. The zero-order chi connectivity index (χ0) is 22.8. The van der Waals surface area contributed by atoms with Gasteiger partial charge >= 0.3 is 6.18 Å². The van der Waals surface area contributed by atoms with Crippen molar-refractivity contribution in [1.82, 2.24) is 24.7 Å². The first-order valence-corrected chi connectivity index (χ1v) is 10.6. The third-order valence-electron chi connectivity index (χ3n) is 4.40. The molecule has 1 unspecified atom stereocenters. The van der Waals surface area contributed by atoms with Gasteiger partial charge in [0, 0.05) is 31.1 Å². The molecule has 0 bridgehead atoms. The summed E-state index contributed by atoms with van der Waals surface area (Å²) in [7, 11) is 1.58. The highest BCUT2D eigenvalue weighted by atomic mass is 32.2. The van der Waals surface area contributed by atoms with Gasteiger partial charge in [-0.05, 0) is 37.2 Å². The number of nitrogens with zero attached hydrogens (tertiary/aromatic N) is 5. The lowest BCUT2D eigenvalue weighted by Gasteiger charge is -2.14. The van der Waals surface area contributed by atoms with E-state index in [4.69, 9.17) is 4.74 Å². The van der Waals surface area contributed by atoms with Gasteiger partial charge in [-0.1, -0.05) is 6.58 Å². The van der Waals surface area contributed by atoms with E-state index < -0.39 is 22.9 Å². The Morgan fingerprint density at radius 1 is 1.19 bits per heavy atom. The first-order chi connectivity index (χ1) is 14.7. The predicted molar refractivity (Wildman–Crippen MR) is 110 cm³/mol. The number of aromatic nitrogens is 5. The van der Waals surface area contributed by atoms with Crippen LogP contribution in [0.2, 0.25) is 0 Å². The second-order valence-electron chi connectivity index (χ2n) is 6.39. The number of hydrogen-bond donors (Lipinski definition) is 0. The molecule has 11 heteroatoms. The van der Waals surface area contributed by atoms with Crippen LogP contribution < -0.4 is 0 Å². The maximum Gasteiger partial charge on any atom is 0.416 e. The lowest BCUT2D eigenvalue weighted by molar-refractivity contribution is -0.137. The van der Waals surface area contributed by atoms with Gasteiger partial charge in [0.25, 0.3) is 0 Å². The molecule has 3 rings (SSSR count). The van der Waals surface area contributed by atoms with Gasteiger partial charge in [-0.2, -0.15) is 13.2 Å². The molecular formula is C20H20F3N5O2S. The fourth-order valence-corrected chi connectivity index (χ4v) is 3.77. The Hall–Kier alpha value is -2.92. The van der Waals surface area contributed by atoms with Gasteiger partial charge in [0.15, 0.2) is 22.2 Å². The monoisotopic (exact) mass is 451 g/mol. The van der Waals surface area contributed by atoms with Crippen LogP contribution in [-0.2, 0) is 29.1 Å². The molecule has 0 saturated heterocycles. The maximum absolute atomic E-state index is 13.1. The molecule has 164 valence electrons. The summed E-state index contributed by atoms with van der Waals surface area (Å²) >= 11 is -1.40. The average molecular weight is 451 g/mol. The van der Waals surface area contributed by atoms with Crippen molar-refractivity contribution in [3.63, 3.8) is 0 Å². The first kappa shape index (κ1) is 22.8. The van der Waals surface area contributed by atoms with Crippen LogP contribution in [0.1, 0.15) is 25.0 Å². The van der Waals surface area contributed by atoms with Crippen molar-refractivity contribution in [2.24, 2.45) is 7.05 Å². The maximum atomic E-state index is 13.1. The summed E-state index contributed by atoms with van der Waals surface area (Å²) in [6.45, 7) is 7.84. The summed E-state index contributed by atoms with van der Waals surface area (Å²) in [6, 6.07) is 3.45. The highest BCUT2D eigenvalue weighted by Gasteiger charge is 2.31. The molecule has 3 heterocycles. The lowest BCUT2D eigenvalue weighted by atomic mass is 10.2. The van der Waals surface area contributed by atoms with E-state index in [0.29, 0.717) is 34.3 Å². The molecule has 0 aliphatic rings. The Morgan fingerprint density at radius 3 is 2.55 bits per heavy atom. The molecule has 3 aromatic heterocycles. The fraction of sp³-hybridized carbons (Fsp3) is 0.300. The van der Waals surface area contributed by atoms with Crippen LogP contribution in [0, 0.1) is 0 Å². The largest absolute Gasteiger partial charge is 0.611 e. The Morgan fingerprint density at radius 2 is 1.90 bits per heavy atom. The van der Waals surface area contributed by atoms with E-state index in [9.17, 15) is 17.7 Å². The van der Waals surface area contributed by atoms with Gasteiger partial charge in [0.05, 0.1) is 12.2 Å². The van der Waals surface area contributed by atoms with Crippen molar-refractivity contribution in [2.75, 3.05) is 12.4 Å². The third-order valence-corrected chi connectivity index (χ3v) is 5.73. The van der Waals surface area contributed by atoms with Crippen molar-refractivity contribution in [3.05, 3.63) is 48.3 Å². The summed E-state index contributed by atoms with van der Waals surface area (Å²) in [5.74, 6) is 1.10. The molecule has 7 nitrogen and oxygen atoms in total. The van der Waals surface area contributed by atoms with Crippen molar-refractivity contribution < 1.29 is 22.5 Å². The van der Waals surface area contributed by atoms with Gasteiger partial charge in [-0.25, -0.2) is 4.98 Å². The van der Waals surface area contributed by atoms with E-state index in [1.54, 1.807) is 20.0 Å². The Labute approximate surface area is 180 Å². The van der Waals surface area contributed by atoms with Crippen molar-refractivity contribution in [1.29, 1.82) is 0 Å². The number of hydrogen-bond acceptors (Lipinski definition) is 6. The molecule has 0 fully saturated rings. The molecule has 0 amide bonds. The Kier molecular flexibility index (Phi) is 6.65. The normalized spacial score (nSPS) is 12.6. The summed E-state index contributed by atoms with van der Waals surface area (Å²) < 4.78 is 58.7. The van der Waals surface area contributed by atoms with Crippen LogP contribution in [-0.4, -0.2) is 41.6 Å². The molecule has 0 radical (unpaired) electrons. The lowest BCUT2D eigenvalue weighted by Crippen LogP contribution is -2.10. The van der Waals surface area contributed by atoms with Crippen LogP contribution in [0.4, 0.5) is 13.2 Å². The van der Waals surface area contributed by atoms with Crippen LogP contribution in [0.25, 0.3) is 28.8 Å². The van der Waals surface area contributed by atoms with E-state index in [1.807, 2.05) is 6.92 Å². The quantitative estimate of drug-likeness (QED) is 0.397. The average Bonchev–Trinajstić information content (AvgIpc) is 3.13. The summed E-state index contributed by atoms with van der Waals surface area (Å²) in [5, 5.41) is 8.08. The van der Waals surface area contributed by atoms with E-state index in [0.717, 1.165) is 18.3 Å². The molecule has 0 saturated carbocycles. The molecule has 0 aliphatic heterocycles. The van der Waals surface area contributed by atoms with Gasteiger partial charge in [-0.3, -0.25) is 4.98 Å². The zero-order valence-electron chi connectivity index (χ0n) is 17.1. The number of alkyl halides is 3. The van der Waals surface area contributed by atoms with Crippen LogP contribution in [0.5, 0.6) is 0 Å². The van der Waals surface area contributed by atoms with Crippen LogP contribution >= 0.6 is 0 Å². The van der Waals surface area contributed by atoms with Crippen LogP contribution in [0.3, 0.4) is 0 Å². The third kappa shape index (κ3) is 4.72. The van der Waals surface area contributed by atoms with E-state index in [2.05, 4.69) is 26.7 Å². The van der Waals surface area contributed by atoms with Crippen molar-refractivity contribution in [3.8, 4) is 23.0 Å². The summed E-state index contributed by atoms with van der Waals surface area (Å²) in [4.78, 5) is 8.78. The second kappa shape index (κ2) is 9.06. The van der Waals surface area contributed by atoms with Gasteiger partial charge in [0.1, 0.15) is 17.2 Å². The fourth-order valence-electron chi connectivity index (χ4n) is 2.84. The number of rotatable bonds is 7. The molecule has 1 atom stereocenters. The standard InChI is InChI=1S/C20H20F3N5O2S/c1-5-30-12(3)13-9-16(31(29)6-2)17(25-11-13)19-27-26-18(28(19)4)15-10-14(7-8-24-15)20(21,22)23/h7-11H,3,5-6H2,1-2,4H3. The Balaban J connectivity index is 2.09. The predicted octanol–water partition coefficient (Wildman–Crippen LogP) is 4.09. The van der Waals surface area contributed by atoms with Gasteiger partial charge in [-0.15, -0.1) is 10.2 Å². The molecule has 0 spiro atoms. The van der Waals surface area contributed by atoms with E-state index >= 15 is 0 Å². The van der Waals surface area contributed by atoms with E-state index in [1.165, 1.54) is 10.8 Å². The molecule has 31 heavy (non-hydrogen) atoms. The molecule has 0 aromatic carbocycles. The van der Waals surface area contributed by atoms with Crippen molar-refractivity contribution in [2.45, 2.75) is 24.9 Å². The SMILES string of the molecule is C=C(OCC)c1cnc(-c2nnc(-c3cc(C(F)(F)F)ccn3)n2C)c([S+]([O-])CC)c1. The smallest absolute Gasteiger partial charge is 0.416 e. The van der Waals surface area contributed by atoms with Gasteiger partial charge in [0.2, 0.25) is 0 Å². The Bertz CT molecular complexity index is 1100. The first-order valence-electron chi connectivity index (χ1n) is 9.31. The number of pyridine rings is 2.